The number of amides is 13. The molecule has 3 aromatic carbocycles. The predicted octanol–water partition coefficient (Wildman–Crippen LogP) is 1.33. The van der Waals surface area contributed by atoms with E-state index in [1.165, 1.54) is 30.5 Å². The zero-order chi connectivity index (χ0) is 109. The fourth-order valence-corrected chi connectivity index (χ4v) is 22.6. The molecule has 45 nitrogen and oxygen atoms in total. The molecule has 0 radical (unpaired) electrons. The number of halogens is 1. The van der Waals surface area contributed by atoms with Crippen molar-refractivity contribution < 1.29 is 119 Å². The van der Waals surface area contributed by atoms with Crippen molar-refractivity contribution in [1.29, 1.82) is 0 Å². The molecule has 4 saturated heterocycles. The molecule has 12 atom stereocenters. The molecule has 5 aliphatic heterocycles. The normalized spacial score (nSPS) is 20.8. The molecule has 6 bridgehead atoms. The van der Waals surface area contributed by atoms with Crippen molar-refractivity contribution in [1.82, 2.24) is 98.3 Å². The number of aliphatic carboxylic acids is 2. The maximum atomic E-state index is 15.7. The van der Waals surface area contributed by atoms with Crippen LogP contribution >= 0.6 is 35.1 Å². The van der Waals surface area contributed by atoms with E-state index < -0.39 is 203 Å². The summed E-state index contributed by atoms with van der Waals surface area (Å²) in [5, 5.41) is 54.9. The molecule has 10 rings (SSSR count). The Morgan fingerprint density at radius 3 is 1.73 bits per heavy atom. The van der Waals surface area contributed by atoms with E-state index in [0.29, 0.717) is 147 Å². The number of aromatic amines is 2. The molecule has 13 amide bonds. The van der Waals surface area contributed by atoms with Crippen molar-refractivity contribution in [3.63, 3.8) is 0 Å². The number of nitrogens with one attached hydrogen (secondary N) is 14. The molecule has 822 valence electrons. The van der Waals surface area contributed by atoms with Gasteiger partial charge in [-0.2, -0.15) is 23.5 Å². The second kappa shape index (κ2) is 61.5. The molecule has 0 spiro atoms. The number of para-hydroxylation sites is 1. The number of fused-ring (bicyclic) bond motifs is 11. The third kappa shape index (κ3) is 40.4. The Hall–Kier alpha value is -11.2. The molecule has 7 heterocycles. The van der Waals surface area contributed by atoms with E-state index in [0.717, 1.165) is 11.1 Å². The van der Waals surface area contributed by atoms with Gasteiger partial charge in [0, 0.05) is 127 Å². The van der Waals surface area contributed by atoms with Crippen LogP contribution in [0.2, 0.25) is 5.02 Å². The van der Waals surface area contributed by atoms with Crippen molar-refractivity contribution in [3.8, 4) is 0 Å². The first kappa shape index (κ1) is 121. The molecule has 16 N–H and O–H groups in total. The number of likely N-dealkylation sites (tertiary alicyclic amines) is 1. The van der Waals surface area contributed by atoms with Gasteiger partial charge in [-0.1, -0.05) is 102 Å². The van der Waals surface area contributed by atoms with Gasteiger partial charge in [-0.05, 0) is 117 Å². The maximum Gasteiger partial charge on any atom is 0.242 e. The minimum Gasteiger partial charge on any atom is -0.353 e. The number of rotatable bonds is 46. The van der Waals surface area contributed by atoms with Gasteiger partial charge in [0.05, 0.1) is 32.8 Å². The summed E-state index contributed by atoms with van der Waals surface area (Å²) in [5.41, 5.74) is 2.29. The number of benzene rings is 3. The van der Waals surface area contributed by atoms with Gasteiger partial charge in [0.15, 0.2) is 0 Å². The first-order valence-corrected chi connectivity index (χ1v) is 58.0. The smallest absolute Gasteiger partial charge is 0.242 e. The number of thioether (sulfide) groups is 2. The van der Waals surface area contributed by atoms with Crippen LogP contribution < -0.4 is 63.8 Å². The molecule has 150 heavy (non-hydrogen) atoms. The number of hydrogen-bond acceptors (Lipinski definition) is 30. The Balaban J connectivity index is 0.729. The fraction of sp³-hybridized carbons (Fsp3) is 0.604. The van der Waals surface area contributed by atoms with Crippen LogP contribution in [0.5, 0.6) is 0 Å². The van der Waals surface area contributed by atoms with Crippen LogP contribution in [-0.2, 0) is 133 Å². The largest absolute Gasteiger partial charge is 0.353 e. The van der Waals surface area contributed by atoms with Crippen LogP contribution in [0.4, 0.5) is 0 Å². The minimum atomic E-state index is -4.27. The summed E-state index contributed by atoms with van der Waals surface area (Å²) in [6.07, 6.45) is 1.28. The molecule has 5 aliphatic rings. The molecule has 2 aromatic heterocycles. The first-order valence-electron chi connectivity index (χ1n) is 51.3. The van der Waals surface area contributed by atoms with Crippen molar-refractivity contribution >= 4 is 186 Å². The second-order valence-electron chi connectivity index (χ2n) is 39.5. The SMILES string of the molecule is CC[C@H](C)[C@@H]1NC(=O)[C@H](CC(C)C)NC(=O)C(C)(C)NC(=O)[C@@H](NC(=O)[C@@H](CC(C)C)NC(=O)[C@H](CCC(=O)O)NC(=O)[C@@H]2CCCN2C(=O)[C@H](Cc2c[nH]c3ccc(Cl)cc23)NC(=O)[C@H](Cc2c[nH]c3ccccc23)NC(=O)[C@H](CC(=O)O)NC(=O)CCC(=O)NCCCOCCOCCOCCCNC(=O)CN2CCN3CCN4CCN(CC2)CC(=O)[O][In]([O]C(=O)C3)[O]C(=O)C4)CSCc2cccc(c2)CSCCNC1=O. The zero-order valence-electron chi connectivity index (χ0n) is 86.4. The predicted molar refractivity (Wildman–Crippen MR) is 557 cm³/mol. The van der Waals surface area contributed by atoms with E-state index in [1.807, 2.05) is 71.6 Å². The average Bonchev–Trinajstić information content (AvgIpc) is 1.64. The van der Waals surface area contributed by atoms with Crippen LogP contribution in [0.15, 0.2) is 79.1 Å². The molecule has 5 aromatic rings. The number of carbonyl (C=O) groups excluding carboxylic acids is 16. The monoisotopic (exact) mass is 2250 g/mol. The van der Waals surface area contributed by atoms with Gasteiger partial charge >= 0.3 is 203 Å². The number of hydrogen-bond donors (Lipinski definition) is 16. The molecule has 2 unspecified atom stereocenters. The van der Waals surface area contributed by atoms with E-state index in [9.17, 15) is 77.3 Å². The molecule has 49 heteroatoms. The van der Waals surface area contributed by atoms with Crippen molar-refractivity contribution in [3.05, 3.63) is 106 Å². The van der Waals surface area contributed by atoms with Gasteiger partial charge in [-0.25, -0.2) is 0 Å². The summed E-state index contributed by atoms with van der Waals surface area (Å²) < 4.78 is 33.3. The quantitative estimate of drug-likeness (QED) is 0.0244. The maximum absolute atomic E-state index is 15.7. The van der Waals surface area contributed by atoms with Gasteiger partial charge in [0.2, 0.25) is 70.9 Å². The van der Waals surface area contributed by atoms with E-state index >= 15 is 19.2 Å². The molecule has 0 aliphatic carbocycles. The van der Waals surface area contributed by atoms with E-state index in [-0.39, 0.29) is 153 Å². The number of H-pyrrole nitrogens is 2. The van der Waals surface area contributed by atoms with Gasteiger partial charge in [0.25, 0.3) is 0 Å². The van der Waals surface area contributed by atoms with E-state index in [1.54, 1.807) is 80.5 Å². The third-order valence-corrected chi connectivity index (χ3v) is 32.3. The van der Waals surface area contributed by atoms with Crippen LogP contribution in [0.3, 0.4) is 0 Å². The van der Waals surface area contributed by atoms with Crippen LogP contribution in [0.25, 0.3) is 21.8 Å². The van der Waals surface area contributed by atoms with E-state index in [2.05, 4.69) is 73.8 Å². The summed E-state index contributed by atoms with van der Waals surface area (Å²) in [7, 11) is 0. The topological polar surface area (TPSA) is 595 Å². The number of ether oxygens (including phenoxy) is 3. The Morgan fingerprint density at radius 1 is 0.560 bits per heavy atom. The number of aromatic nitrogens is 2. The average molecular weight is 2260 g/mol. The van der Waals surface area contributed by atoms with Gasteiger partial charge in [0.1, 0.15) is 59.9 Å². The Kier molecular flexibility index (Phi) is 49.4. The molecular weight excluding hydrogens is 2110 g/mol. The number of carboxylic acids is 2. The van der Waals surface area contributed by atoms with Crippen LogP contribution in [0.1, 0.15) is 155 Å². The molecule has 4 fully saturated rings. The standard InChI is InChI=1S/C101H148ClN19O26S2.In/c1-9-64(6)90-98(142)105-29-45-148-59-65-16-12-17-66(48-65)60-149-61-80(96(140)116-101(7,8)100(144)114-76(47-63(4)5)95(139)115-90)113-92(136)75(46-62(2)3)110-91(135)74(23-26-85(125)126)109-97(141)81-20-13-30-121(81)99(143)79(50-68-54-107-73-22-21-69(102)51-71(68)73)112-93(137)77(49-67-53-106-72-19-11-10-18-70(67)72)111-94(138)78(52-86(127)128)108-83(123)25-24-82(122)103-27-14-39-145-41-43-147-44-42-146-40-15-28-104-84(124)55-117-31-33-118(56-87(129)130)35-37-120(58-89(133)134)38-36-119(34-32-117)57-88(131)132;/h10-12,16-19,21-22,48,51,53-54,62-64,74-81,90,106-107H,9,13-15,20,23-47,49-50,52,55-61H2,1-8H3,(H,103,122)(H,104,124)(H,105,142)(H,108,123)(H,109,141)(H,110,135)(H,111,138)(H,112,137)(H,113,136)(H,114,144)(H,115,139)(H,116,140)(H,125,126)(H,127,128)(H,129,130)(H,131,132)(H,133,134);/q;+3/p-3/t64-,74-,75+,76-,77-,78-,79-,80-,81-,90-;/m0./s1. The minimum absolute atomic E-state index is 0.0135. The Labute approximate surface area is 894 Å². The van der Waals surface area contributed by atoms with E-state index in [4.69, 9.17) is 34.4 Å². The summed E-state index contributed by atoms with van der Waals surface area (Å²) in [6, 6.07) is 6.70. The summed E-state index contributed by atoms with van der Waals surface area (Å²) in [4.78, 5) is 267. The number of carbonyl (C=O) groups is 18. The summed E-state index contributed by atoms with van der Waals surface area (Å²) in [5.74, 6) is -14.0. The molecule has 0 saturated carbocycles. The fourth-order valence-electron chi connectivity index (χ4n) is 17.7. The van der Waals surface area contributed by atoms with Crippen molar-refractivity contribution in [2.75, 3.05) is 156 Å². The third-order valence-electron chi connectivity index (χ3n) is 26.0. The van der Waals surface area contributed by atoms with Crippen molar-refractivity contribution in [2.24, 2.45) is 17.8 Å². The summed E-state index contributed by atoms with van der Waals surface area (Å²) in [6.45, 7) is 19.7. The van der Waals surface area contributed by atoms with Crippen LogP contribution in [0, 0.1) is 17.8 Å². The molecular formula is C101H145ClInN19O26S2. The van der Waals surface area contributed by atoms with Gasteiger partial charge < -0.3 is 97.8 Å². The first-order chi connectivity index (χ1) is 71.7. The van der Waals surface area contributed by atoms with Gasteiger partial charge in [-0.15, -0.1) is 0 Å². The Bertz CT molecular complexity index is 5430. The number of nitrogens with zero attached hydrogens (tertiary/aromatic N) is 5. The zero-order valence-corrected chi connectivity index (χ0v) is 92.1. The summed E-state index contributed by atoms with van der Waals surface area (Å²) >= 11 is 5.18. The van der Waals surface area contributed by atoms with Crippen molar-refractivity contribution in [2.45, 2.75) is 217 Å². The van der Waals surface area contributed by atoms with Gasteiger partial charge in [-0.3, -0.25) is 67.1 Å². The number of carboxylic acid groups (broad SMARTS) is 2. The second-order valence-corrected chi connectivity index (χ2v) is 45.7. The van der Waals surface area contributed by atoms with Crippen LogP contribution in [-0.4, -0.2) is 390 Å². The Morgan fingerprint density at radius 2 is 1.12 bits per heavy atom.